The average Bonchev–Trinajstić information content (AvgIpc) is 2.50. The van der Waals surface area contributed by atoms with Gasteiger partial charge in [-0.05, 0) is 53.8 Å². The lowest BCUT2D eigenvalue weighted by atomic mass is 10.2. The Morgan fingerprint density at radius 3 is 2.68 bits per heavy atom. The molecule has 0 aliphatic rings. The van der Waals surface area contributed by atoms with Crippen molar-refractivity contribution in [3.63, 3.8) is 0 Å². The number of hydrogen-bond donors (Lipinski definition) is 0. The van der Waals surface area contributed by atoms with Crippen molar-refractivity contribution in [2.24, 2.45) is 0 Å². The molecular formula is C16H12FIO4. The van der Waals surface area contributed by atoms with Gasteiger partial charge in [-0.15, -0.1) is 0 Å². The maximum absolute atomic E-state index is 13.6. The molecule has 0 spiro atoms. The Hall–Kier alpha value is -1.96. The van der Waals surface area contributed by atoms with Gasteiger partial charge in [-0.3, -0.25) is 4.79 Å². The molecule has 0 aliphatic heterocycles. The Labute approximate surface area is 140 Å². The molecule has 0 amide bonds. The Morgan fingerprint density at radius 1 is 1.32 bits per heavy atom. The van der Waals surface area contributed by atoms with E-state index < -0.39 is 11.8 Å². The molecule has 0 aliphatic carbocycles. The minimum Gasteiger partial charge on any atom is -0.490 e. The van der Waals surface area contributed by atoms with E-state index in [1.165, 1.54) is 24.3 Å². The van der Waals surface area contributed by atoms with Crippen LogP contribution in [0.25, 0.3) is 0 Å². The van der Waals surface area contributed by atoms with Gasteiger partial charge in [-0.25, -0.2) is 9.18 Å². The van der Waals surface area contributed by atoms with E-state index in [4.69, 9.17) is 9.47 Å². The lowest BCUT2D eigenvalue weighted by Crippen LogP contribution is -2.12. The van der Waals surface area contributed by atoms with Gasteiger partial charge in [0.1, 0.15) is 12.1 Å². The number of ether oxygens (including phenoxy) is 2. The van der Waals surface area contributed by atoms with Gasteiger partial charge in [0.2, 0.25) is 0 Å². The molecule has 22 heavy (non-hydrogen) atoms. The quantitative estimate of drug-likeness (QED) is 0.323. The van der Waals surface area contributed by atoms with Crippen LogP contribution >= 0.6 is 22.6 Å². The molecule has 0 aromatic heterocycles. The van der Waals surface area contributed by atoms with Crippen LogP contribution in [-0.4, -0.2) is 18.9 Å². The van der Waals surface area contributed by atoms with E-state index in [1.807, 2.05) is 22.6 Å². The molecule has 0 N–H and O–H groups in total. The van der Waals surface area contributed by atoms with Crippen molar-refractivity contribution < 1.29 is 23.5 Å². The molecule has 0 bridgehead atoms. The van der Waals surface area contributed by atoms with Crippen LogP contribution in [0.1, 0.15) is 27.6 Å². The smallest absolute Gasteiger partial charge is 0.346 e. The number of hydrogen-bond acceptors (Lipinski definition) is 4. The number of esters is 1. The van der Waals surface area contributed by atoms with Gasteiger partial charge in [0.15, 0.2) is 11.5 Å². The zero-order valence-electron chi connectivity index (χ0n) is 11.6. The zero-order chi connectivity index (χ0) is 16.1. The average molecular weight is 414 g/mol. The van der Waals surface area contributed by atoms with E-state index in [2.05, 4.69) is 0 Å². The van der Waals surface area contributed by atoms with Gasteiger partial charge in [0, 0.05) is 5.56 Å². The first-order valence-corrected chi connectivity index (χ1v) is 7.53. The monoisotopic (exact) mass is 414 g/mol. The lowest BCUT2D eigenvalue weighted by molar-refractivity contribution is 0.0722. The van der Waals surface area contributed by atoms with Crippen molar-refractivity contribution in [3.8, 4) is 11.5 Å². The van der Waals surface area contributed by atoms with Crippen LogP contribution in [0.5, 0.6) is 11.5 Å². The van der Waals surface area contributed by atoms with Crippen molar-refractivity contribution >= 4 is 34.8 Å². The number of benzene rings is 2. The molecule has 0 radical (unpaired) electrons. The van der Waals surface area contributed by atoms with Gasteiger partial charge in [0.05, 0.1) is 15.7 Å². The Bertz CT molecular complexity index is 715. The van der Waals surface area contributed by atoms with Crippen molar-refractivity contribution in [1.82, 2.24) is 0 Å². The second-order valence-corrected chi connectivity index (χ2v) is 5.41. The molecule has 2 aromatic rings. The number of carbonyl (C=O) groups is 2. The van der Waals surface area contributed by atoms with E-state index in [0.717, 1.165) is 0 Å². The highest BCUT2D eigenvalue weighted by Crippen LogP contribution is 2.34. The van der Waals surface area contributed by atoms with Gasteiger partial charge in [-0.1, -0.05) is 12.1 Å². The fourth-order valence-corrected chi connectivity index (χ4v) is 2.53. The number of rotatable bonds is 5. The molecule has 0 heterocycles. The van der Waals surface area contributed by atoms with Crippen molar-refractivity contribution in [2.75, 3.05) is 6.61 Å². The highest BCUT2D eigenvalue weighted by atomic mass is 127. The fourth-order valence-electron chi connectivity index (χ4n) is 1.79. The predicted octanol–water partition coefficient (Wildman–Crippen LogP) is 3.86. The third-order valence-corrected chi connectivity index (χ3v) is 3.56. The minimum absolute atomic E-state index is 0.166. The van der Waals surface area contributed by atoms with Crippen LogP contribution in [-0.2, 0) is 0 Å². The second kappa shape index (κ2) is 7.35. The van der Waals surface area contributed by atoms with E-state index in [0.29, 0.717) is 22.0 Å². The molecule has 0 atom stereocenters. The molecule has 4 nitrogen and oxygen atoms in total. The maximum Gasteiger partial charge on any atom is 0.346 e. The fraction of sp³-hybridized carbons (Fsp3) is 0.125. The summed E-state index contributed by atoms with van der Waals surface area (Å²) < 4.78 is 24.8. The van der Waals surface area contributed by atoms with E-state index in [9.17, 15) is 14.0 Å². The Balaban J connectivity index is 2.38. The number of halogens is 2. The molecule has 114 valence electrons. The van der Waals surface area contributed by atoms with Crippen LogP contribution in [0.3, 0.4) is 0 Å². The van der Waals surface area contributed by atoms with Crippen LogP contribution in [0.2, 0.25) is 0 Å². The maximum atomic E-state index is 13.6. The third kappa shape index (κ3) is 3.62. The van der Waals surface area contributed by atoms with Crippen molar-refractivity contribution in [2.45, 2.75) is 6.92 Å². The molecule has 0 saturated carbocycles. The molecule has 0 unspecified atom stereocenters. The standard InChI is InChI=1S/C16H12FIO4/c1-2-21-14-8-10(9-19)7-13(18)15(14)22-16(20)11-5-3-4-6-12(11)17/h3-9H,2H2,1H3. The first-order chi connectivity index (χ1) is 10.6. The molecule has 0 saturated heterocycles. The zero-order valence-corrected chi connectivity index (χ0v) is 13.8. The SMILES string of the molecule is CCOc1cc(C=O)cc(I)c1OC(=O)c1ccccc1F. The molecule has 2 rings (SSSR count). The summed E-state index contributed by atoms with van der Waals surface area (Å²) in [4.78, 5) is 23.0. The van der Waals surface area contributed by atoms with Gasteiger partial charge >= 0.3 is 5.97 Å². The van der Waals surface area contributed by atoms with Crippen LogP contribution in [0.4, 0.5) is 4.39 Å². The first kappa shape index (κ1) is 16.4. The summed E-state index contributed by atoms with van der Waals surface area (Å²) in [7, 11) is 0. The lowest BCUT2D eigenvalue weighted by Gasteiger charge is -2.13. The molecule has 6 heteroatoms. The summed E-state index contributed by atoms with van der Waals surface area (Å²) >= 11 is 1.93. The predicted molar refractivity (Wildman–Crippen MR) is 87.1 cm³/mol. The highest BCUT2D eigenvalue weighted by molar-refractivity contribution is 14.1. The summed E-state index contributed by atoms with van der Waals surface area (Å²) in [5.41, 5.74) is 0.235. The van der Waals surface area contributed by atoms with Crippen LogP contribution in [0, 0.1) is 9.39 Å². The molecular weight excluding hydrogens is 402 g/mol. The Kier molecular flexibility index (Phi) is 5.48. The Morgan fingerprint density at radius 2 is 2.05 bits per heavy atom. The van der Waals surface area contributed by atoms with Crippen LogP contribution < -0.4 is 9.47 Å². The normalized spacial score (nSPS) is 10.1. The number of carbonyl (C=O) groups excluding carboxylic acids is 2. The van der Waals surface area contributed by atoms with Gasteiger partial charge in [-0.2, -0.15) is 0 Å². The second-order valence-electron chi connectivity index (χ2n) is 4.25. The van der Waals surface area contributed by atoms with E-state index in [1.54, 1.807) is 19.1 Å². The highest BCUT2D eigenvalue weighted by Gasteiger charge is 2.19. The summed E-state index contributed by atoms with van der Waals surface area (Å²) in [5.74, 6) is -1.05. The van der Waals surface area contributed by atoms with Crippen molar-refractivity contribution in [1.29, 1.82) is 0 Å². The van der Waals surface area contributed by atoms with E-state index in [-0.39, 0.29) is 17.1 Å². The largest absolute Gasteiger partial charge is 0.490 e. The summed E-state index contributed by atoms with van der Waals surface area (Å²) in [6.07, 6.45) is 0.674. The molecule has 2 aromatic carbocycles. The summed E-state index contributed by atoms with van der Waals surface area (Å²) in [5, 5.41) is 0. The van der Waals surface area contributed by atoms with Crippen molar-refractivity contribution in [3.05, 3.63) is 56.9 Å². The summed E-state index contributed by atoms with van der Waals surface area (Å²) in [6.45, 7) is 2.10. The number of aldehydes is 1. The summed E-state index contributed by atoms with van der Waals surface area (Å²) in [6, 6.07) is 8.58. The molecule has 0 fully saturated rings. The third-order valence-electron chi connectivity index (χ3n) is 2.76. The van der Waals surface area contributed by atoms with Crippen LogP contribution in [0.15, 0.2) is 36.4 Å². The minimum atomic E-state index is -0.823. The first-order valence-electron chi connectivity index (χ1n) is 6.45. The topological polar surface area (TPSA) is 52.6 Å². The van der Waals surface area contributed by atoms with Gasteiger partial charge in [0.25, 0.3) is 0 Å². The van der Waals surface area contributed by atoms with Gasteiger partial charge < -0.3 is 9.47 Å². The van der Waals surface area contributed by atoms with E-state index >= 15 is 0 Å².